The zero-order chi connectivity index (χ0) is 13.9. The highest BCUT2D eigenvalue weighted by Crippen LogP contribution is 2.19. The standard InChI is InChI=1S/C11H15NO5S/c1-17-11(14)9(12)10(13)7-3-5-8(6-4-7)18(2,15)16/h3-6,9-10,13H,12H2,1-2H3/t9-,10+/m0/s1. The number of hydrogen-bond acceptors (Lipinski definition) is 6. The molecule has 0 saturated carbocycles. The number of aliphatic hydroxyl groups excluding tert-OH is 1. The molecule has 0 unspecified atom stereocenters. The van der Waals surface area contributed by atoms with Crippen LogP contribution in [0.25, 0.3) is 0 Å². The molecule has 2 atom stereocenters. The van der Waals surface area contributed by atoms with E-state index < -0.39 is 28.0 Å². The monoisotopic (exact) mass is 273 g/mol. The molecule has 1 aromatic rings. The molecule has 3 N–H and O–H groups in total. The molecule has 0 heterocycles. The highest BCUT2D eigenvalue weighted by atomic mass is 32.2. The summed E-state index contributed by atoms with van der Waals surface area (Å²) in [4.78, 5) is 11.3. The van der Waals surface area contributed by atoms with Gasteiger partial charge in [-0.3, -0.25) is 4.79 Å². The van der Waals surface area contributed by atoms with E-state index in [-0.39, 0.29) is 4.90 Å². The number of carbonyl (C=O) groups excluding carboxylic acids is 1. The minimum absolute atomic E-state index is 0.130. The van der Waals surface area contributed by atoms with Crippen LogP contribution in [-0.2, 0) is 19.4 Å². The van der Waals surface area contributed by atoms with Crippen molar-refractivity contribution in [3.05, 3.63) is 29.8 Å². The molecular formula is C11H15NO5S. The van der Waals surface area contributed by atoms with Crippen LogP contribution in [0.15, 0.2) is 29.2 Å². The highest BCUT2D eigenvalue weighted by molar-refractivity contribution is 7.90. The van der Waals surface area contributed by atoms with Gasteiger partial charge in [0.1, 0.15) is 12.1 Å². The van der Waals surface area contributed by atoms with Gasteiger partial charge in [-0.1, -0.05) is 12.1 Å². The molecule has 0 aromatic heterocycles. The largest absolute Gasteiger partial charge is 0.468 e. The number of methoxy groups -OCH3 is 1. The van der Waals surface area contributed by atoms with Crippen LogP contribution in [-0.4, -0.2) is 38.9 Å². The Balaban J connectivity index is 2.95. The van der Waals surface area contributed by atoms with Gasteiger partial charge in [0.15, 0.2) is 9.84 Å². The van der Waals surface area contributed by atoms with E-state index in [9.17, 15) is 18.3 Å². The van der Waals surface area contributed by atoms with Crippen molar-refractivity contribution in [3.8, 4) is 0 Å². The van der Waals surface area contributed by atoms with E-state index in [1.165, 1.54) is 31.4 Å². The number of esters is 1. The van der Waals surface area contributed by atoms with Crippen LogP contribution in [0.1, 0.15) is 11.7 Å². The molecule has 0 fully saturated rings. The topological polar surface area (TPSA) is 107 Å². The Labute approximate surface area is 105 Å². The molecule has 0 spiro atoms. The van der Waals surface area contributed by atoms with E-state index in [0.29, 0.717) is 5.56 Å². The normalized spacial score (nSPS) is 14.9. The van der Waals surface area contributed by atoms with Gasteiger partial charge in [0.05, 0.1) is 12.0 Å². The van der Waals surface area contributed by atoms with Crippen molar-refractivity contribution >= 4 is 15.8 Å². The summed E-state index contributed by atoms with van der Waals surface area (Å²) >= 11 is 0. The van der Waals surface area contributed by atoms with Gasteiger partial charge in [-0.2, -0.15) is 0 Å². The van der Waals surface area contributed by atoms with Crippen LogP contribution in [0.5, 0.6) is 0 Å². The smallest absolute Gasteiger partial charge is 0.325 e. The van der Waals surface area contributed by atoms with E-state index in [1.807, 2.05) is 0 Å². The number of aliphatic hydroxyl groups is 1. The Morgan fingerprint density at radius 3 is 2.22 bits per heavy atom. The molecule has 1 rings (SSSR count). The third-order valence-electron chi connectivity index (χ3n) is 2.46. The summed E-state index contributed by atoms with van der Waals surface area (Å²) in [6.45, 7) is 0. The lowest BCUT2D eigenvalue weighted by molar-refractivity contribution is -0.145. The summed E-state index contributed by atoms with van der Waals surface area (Å²) in [6.07, 6.45) is -0.162. The second kappa shape index (κ2) is 5.47. The fourth-order valence-electron chi connectivity index (χ4n) is 1.38. The fourth-order valence-corrected chi connectivity index (χ4v) is 2.01. The number of nitrogens with two attached hydrogens (primary N) is 1. The molecule has 18 heavy (non-hydrogen) atoms. The molecule has 0 aliphatic rings. The fraction of sp³-hybridized carbons (Fsp3) is 0.364. The van der Waals surface area contributed by atoms with Gasteiger partial charge in [0, 0.05) is 6.26 Å². The van der Waals surface area contributed by atoms with Gasteiger partial charge < -0.3 is 15.6 Å². The van der Waals surface area contributed by atoms with Crippen LogP contribution in [0.2, 0.25) is 0 Å². The number of hydrogen-bond donors (Lipinski definition) is 2. The van der Waals surface area contributed by atoms with Gasteiger partial charge in [-0.25, -0.2) is 8.42 Å². The van der Waals surface area contributed by atoms with Gasteiger partial charge in [-0.05, 0) is 17.7 Å². The number of sulfone groups is 1. The van der Waals surface area contributed by atoms with E-state index in [1.54, 1.807) is 0 Å². The Morgan fingerprint density at radius 2 is 1.83 bits per heavy atom. The summed E-state index contributed by atoms with van der Waals surface area (Å²) in [5, 5.41) is 9.81. The quantitative estimate of drug-likeness (QED) is 0.724. The van der Waals surface area contributed by atoms with Gasteiger partial charge in [-0.15, -0.1) is 0 Å². The molecule has 7 heteroatoms. The Hall–Kier alpha value is -1.44. The molecule has 100 valence electrons. The van der Waals surface area contributed by atoms with Crippen molar-refractivity contribution in [2.75, 3.05) is 13.4 Å². The minimum atomic E-state index is -3.29. The molecule has 6 nitrogen and oxygen atoms in total. The van der Waals surface area contributed by atoms with Crippen molar-refractivity contribution < 1.29 is 23.1 Å². The number of benzene rings is 1. The molecule has 0 aliphatic heterocycles. The summed E-state index contributed by atoms with van der Waals surface area (Å²) in [5.41, 5.74) is 5.83. The highest BCUT2D eigenvalue weighted by Gasteiger charge is 2.25. The first-order chi connectivity index (χ1) is 8.27. The van der Waals surface area contributed by atoms with E-state index in [4.69, 9.17) is 5.73 Å². The zero-order valence-corrected chi connectivity index (χ0v) is 10.8. The number of carbonyl (C=O) groups is 1. The predicted molar refractivity (Wildman–Crippen MR) is 64.5 cm³/mol. The Morgan fingerprint density at radius 1 is 1.33 bits per heavy atom. The third kappa shape index (κ3) is 3.28. The molecular weight excluding hydrogens is 258 g/mol. The molecule has 0 radical (unpaired) electrons. The average molecular weight is 273 g/mol. The van der Waals surface area contributed by atoms with Crippen molar-refractivity contribution in [1.82, 2.24) is 0 Å². The maximum Gasteiger partial charge on any atom is 0.325 e. The van der Waals surface area contributed by atoms with Crippen molar-refractivity contribution in [2.24, 2.45) is 5.73 Å². The third-order valence-corrected chi connectivity index (χ3v) is 3.59. The number of rotatable bonds is 4. The molecule has 0 bridgehead atoms. The first kappa shape index (κ1) is 14.6. The lowest BCUT2D eigenvalue weighted by Crippen LogP contribution is -2.37. The van der Waals surface area contributed by atoms with Gasteiger partial charge in [0.2, 0.25) is 0 Å². The SMILES string of the molecule is COC(=O)[C@@H](N)[C@H](O)c1ccc(S(C)(=O)=O)cc1. The maximum absolute atomic E-state index is 11.2. The summed E-state index contributed by atoms with van der Waals surface area (Å²) in [5.74, 6) is -0.741. The maximum atomic E-state index is 11.2. The molecule has 1 aromatic carbocycles. The lowest BCUT2D eigenvalue weighted by atomic mass is 10.0. The molecule has 0 amide bonds. The predicted octanol–water partition coefficient (Wildman–Crippen LogP) is -0.376. The lowest BCUT2D eigenvalue weighted by Gasteiger charge is -2.17. The Bertz CT molecular complexity index is 523. The van der Waals surface area contributed by atoms with Crippen molar-refractivity contribution in [3.63, 3.8) is 0 Å². The van der Waals surface area contributed by atoms with Crippen LogP contribution in [0.3, 0.4) is 0 Å². The van der Waals surface area contributed by atoms with Crippen LogP contribution < -0.4 is 5.73 Å². The summed E-state index contributed by atoms with van der Waals surface area (Å²) in [7, 11) is -2.12. The first-order valence-electron chi connectivity index (χ1n) is 5.09. The second-order valence-electron chi connectivity index (χ2n) is 3.83. The van der Waals surface area contributed by atoms with E-state index in [0.717, 1.165) is 6.26 Å². The average Bonchev–Trinajstić information content (AvgIpc) is 2.35. The van der Waals surface area contributed by atoms with Crippen LogP contribution in [0, 0.1) is 0 Å². The first-order valence-corrected chi connectivity index (χ1v) is 6.98. The summed E-state index contributed by atoms with van der Waals surface area (Å²) < 4.78 is 26.9. The molecule has 0 saturated heterocycles. The van der Waals surface area contributed by atoms with Crippen molar-refractivity contribution in [2.45, 2.75) is 17.0 Å². The second-order valence-corrected chi connectivity index (χ2v) is 5.85. The Kier molecular flexibility index (Phi) is 4.44. The van der Waals surface area contributed by atoms with E-state index >= 15 is 0 Å². The van der Waals surface area contributed by atoms with Gasteiger partial charge >= 0.3 is 5.97 Å². The van der Waals surface area contributed by atoms with Crippen molar-refractivity contribution in [1.29, 1.82) is 0 Å². The summed E-state index contributed by atoms with van der Waals surface area (Å²) in [6, 6.07) is 4.29. The number of ether oxygens (including phenoxy) is 1. The van der Waals surface area contributed by atoms with Crippen LogP contribution in [0.4, 0.5) is 0 Å². The molecule has 0 aliphatic carbocycles. The van der Waals surface area contributed by atoms with Gasteiger partial charge in [0.25, 0.3) is 0 Å². The van der Waals surface area contributed by atoms with E-state index in [2.05, 4.69) is 4.74 Å². The minimum Gasteiger partial charge on any atom is -0.468 e. The van der Waals surface area contributed by atoms with Crippen LogP contribution >= 0.6 is 0 Å². The zero-order valence-electron chi connectivity index (χ0n) is 10.0.